The Morgan fingerprint density at radius 3 is 2.67 bits per heavy atom. The van der Waals surface area contributed by atoms with Crippen LogP contribution in [0.4, 0.5) is 0 Å². The molecule has 18 heavy (non-hydrogen) atoms. The van der Waals surface area contributed by atoms with Crippen molar-refractivity contribution in [2.45, 2.75) is 44.6 Å². The van der Waals surface area contributed by atoms with E-state index in [2.05, 4.69) is 15.0 Å². The van der Waals surface area contributed by atoms with Crippen molar-refractivity contribution in [3.8, 4) is 0 Å². The van der Waals surface area contributed by atoms with Gasteiger partial charge in [0.25, 0.3) is 0 Å². The number of ether oxygens (including phenoxy) is 1. The standard InChI is InChI=1S/C13H22N4O/c14-6-3-12-13(11-4-7-18-8-5-11)17(16-15-12)9-10-1-2-10/h10-11H,1-9,14H2. The van der Waals surface area contributed by atoms with Gasteiger partial charge < -0.3 is 10.5 Å². The van der Waals surface area contributed by atoms with Crippen LogP contribution in [0.2, 0.25) is 0 Å². The average molecular weight is 250 g/mol. The fourth-order valence-corrected chi connectivity index (χ4v) is 2.77. The summed E-state index contributed by atoms with van der Waals surface area (Å²) in [5.41, 5.74) is 8.14. The van der Waals surface area contributed by atoms with E-state index < -0.39 is 0 Å². The summed E-state index contributed by atoms with van der Waals surface area (Å²) < 4.78 is 7.61. The zero-order valence-electron chi connectivity index (χ0n) is 10.8. The van der Waals surface area contributed by atoms with Crippen molar-refractivity contribution >= 4 is 0 Å². The highest BCUT2D eigenvalue weighted by Crippen LogP contribution is 2.34. The minimum absolute atomic E-state index is 0.564. The summed E-state index contributed by atoms with van der Waals surface area (Å²) in [6.07, 6.45) is 5.72. The highest BCUT2D eigenvalue weighted by atomic mass is 16.5. The first-order valence-electron chi connectivity index (χ1n) is 7.08. The highest BCUT2D eigenvalue weighted by Gasteiger charge is 2.28. The molecular formula is C13H22N4O. The van der Waals surface area contributed by atoms with Crippen LogP contribution in [0.15, 0.2) is 0 Å². The van der Waals surface area contributed by atoms with Gasteiger partial charge in [0.1, 0.15) is 0 Å². The minimum atomic E-state index is 0.564. The van der Waals surface area contributed by atoms with Crippen molar-refractivity contribution in [2.75, 3.05) is 19.8 Å². The maximum absolute atomic E-state index is 5.68. The van der Waals surface area contributed by atoms with E-state index in [0.29, 0.717) is 12.5 Å². The normalized spacial score (nSPS) is 21.4. The van der Waals surface area contributed by atoms with Crippen LogP contribution in [0.25, 0.3) is 0 Å². The minimum Gasteiger partial charge on any atom is -0.381 e. The van der Waals surface area contributed by atoms with Gasteiger partial charge in [-0.25, -0.2) is 4.68 Å². The lowest BCUT2D eigenvalue weighted by molar-refractivity contribution is 0.0832. The quantitative estimate of drug-likeness (QED) is 0.849. The first-order valence-corrected chi connectivity index (χ1v) is 7.08. The molecule has 0 radical (unpaired) electrons. The molecule has 5 nitrogen and oxygen atoms in total. The van der Waals surface area contributed by atoms with Gasteiger partial charge >= 0.3 is 0 Å². The van der Waals surface area contributed by atoms with Crippen molar-refractivity contribution in [3.05, 3.63) is 11.4 Å². The molecule has 3 rings (SSSR count). The van der Waals surface area contributed by atoms with Gasteiger partial charge in [-0.05, 0) is 38.1 Å². The summed E-state index contributed by atoms with van der Waals surface area (Å²) in [5.74, 6) is 1.39. The first kappa shape index (κ1) is 12.1. The summed E-state index contributed by atoms with van der Waals surface area (Å²) in [6.45, 7) is 3.42. The van der Waals surface area contributed by atoms with Gasteiger partial charge in [-0.3, -0.25) is 0 Å². The Bertz CT molecular complexity index is 394. The van der Waals surface area contributed by atoms with Crippen molar-refractivity contribution < 1.29 is 4.74 Å². The molecule has 1 saturated carbocycles. The predicted octanol–water partition coefficient (Wildman–Crippen LogP) is 1.08. The van der Waals surface area contributed by atoms with Gasteiger partial charge in [-0.15, -0.1) is 5.10 Å². The zero-order chi connectivity index (χ0) is 12.4. The number of aromatic nitrogens is 3. The lowest BCUT2D eigenvalue weighted by atomic mass is 9.94. The Morgan fingerprint density at radius 1 is 1.22 bits per heavy atom. The van der Waals surface area contributed by atoms with Gasteiger partial charge in [-0.1, -0.05) is 5.21 Å². The van der Waals surface area contributed by atoms with E-state index in [-0.39, 0.29) is 0 Å². The van der Waals surface area contributed by atoms with Gasteiger partial charge in [0, 0.05) is 32.1 Å². The number of hydrogen-bond donors (Lipinski definition) is 1. The molecular weight excluding hydrogens is 228 g/mol. The second-order valence-corrected chi connectivity index (χ2v) is 5.47. The predicted molar refractivity (Wildman–Crippen MR) is 68.3 cm³/mol. The van der Waals surface area contributed by atoms with Gasteiger partial charge in [-0.2, -0.15) is 0 Å². The summed E-state index contributed by atoms with van der Waals surface area (Å²) in [6, 6.07) is 0. The second-order valence-electron chi connectivity index (χ2n) is 5.47. The molecule has 2 N–H and O–H groups in total. The van der Waals surface area contributed by atoms with Crippen LogP contribution in [0, 0.1) is 5.92 Å². The van der Waals surface area contributed by atoms with Crippen LogP contribution in [-0.4, -0.2) is 34.8 Å². The average Bonchev–Trinajstić information content (AvgIpc) is 3.12. The van der Waals surface area contributed by atoms with Gasteiger partial charge in [0.2, 0.25) is 0 Å². The van der Waals surface area contributed by atoms with Crippen molar-refractivity contribution in [3.63, 3.8) is 0 Å². The smallest absolute Gasteiger partial charge is 0.0874 e. The molecule has 1 aliphatic carbocycles. The molecule has 0 bridgehead atoms. The number of hydrogen-bond acceptors (Lipinski definition) is 4. The number of nitrogens with two attached hydrogens (primary N) is 1. The molecule has 2 heterocycles. The molecule has 2 fully saturated rings. The lowest BCUT2D eigenvalue weighted by Gasteiger charge is -2.23. The Hall–Kier alpha value is -0.940. The van der Waals surface area contributed by atoms with E-state index in [0.717, 1.165) is 50.6 Å². The Kier molecular flexibility index (Phi) is 3.61. The van der Waals surface area contributed by atoms with Crippen molar-refractivity contribution in [1.82, 2.24) is 15.0 Å². The van der Waals surface area contributed by atoms with Crippen LogP contribution in [-0.2, 0) is 17.7 Å². The van der Waals surface area contributed by atoms with Crippen LogP contribution >= 0.6 is 0 Å². The topological polar surface area (TPSA) is 66.0 Å². The summed E-state index contributed by atoms with van der Waals surface area (Å²) in [5, 5.41) is 8.71. The molecule has 5 heteroatoms. The summed E-state index contributed by atoms with van der Waals surface area (Å²) in [7, 11) is 0. The SMILES string of the molecule is NCCc1nnn(CC2CC2)c1C1CCOCC1. The second kappa shape index (κ2) is 5.36. The lowest BCUT2D eigenvalue weighted by Crippen LogP contribution is -2.20. The fourth-order valence-electron chi connectivity index (χ4n) is 2.77. The van der Waals surface area contributed by atoms with Crippen LogP contribution < -0.4 is 5.73 Å². The zero-order valence-corrected chi connectivity index (χ0v) is 10.8. The van der Waals surface area contributed by atoms with Crippen LogP contribution in [0.5, 0.6) is 0 Å². The third-order valence-electron chi connectivity index (χ3n) is 3.96. The molecule has 1 aromatic rings. The third kappa shape index (κ3) is 2.57. The molecule has 1 aliphatic heterocycles. The molecule has 0 unspecified atom stereocenters. The number of nitrogens with zero attached hydrogens (tertiary/aromatic N) is 3. The van der Waals surface area contributed by atoms with Gasteiger partial charge in [0.15, 0.2) is 0 Å². The maximum Gasteiger partial charge on any atom is 0.0874 e. The molecule has 0 spiro atoms. The summed E-state index contributed by atoms with van der Waals surface area (Å²) >= 11 is 0. The highest BCUT2D eigenvalue weighted by molar-refractivity contribution is 5.17. The largest absolute Gasteiger partial charge is 0.381 e. The molecule has 1 aromatic heterocycles. The monoisotopic (exact) mass is 250 g/mol. The molecule has 2 aliphatic rings. The third-order valence-corrected chi connectivity index (χ3v) is 3.96. The molecule has 0 aromatic carbocycles. The van der Waals surface area contributed by atoms with Crippen molar-refractivity contribution in [1.29, 1.82) is 0 Å². The fraction of sp³-hybridized carbons (Fsp3) is 0.846. The molecule has 100 valence electrons. The number of rotatable bonds is 5. The van der Waals surface area contributed by atoms with E-state index in [1.54, 1.807) is 0 Å². The Labute approximate surface area is 108 Å². The Morgan fingerprint density at radius 2 is 2.00 bits per heavy atom. The molecule has 0 amide bonds. The van der Waals surface area contributed by atoms with E-state index in [4.69, 9.17) is 10.5 Å². The van der Waals surface area contributed by atoms with E-state index in [1.807, 2.05) is 0 Å². The van der Waals surface area contributed by atoms with Gasteiger partial charge in [0.05, 0.1) is 11.4 Å². The molecule has 0 atom stereocenters. The van der Waals surface area contributed by atoms with Crippen molar-refractivity contribution in [2.24, 2.45) is 11.7 Å². The first-order chi connectivity index (χ1) is 8.88. The molecule has 1 saturated heterocycles. The summed E-state index contributed by atoms with van der Waals surface area (Å²) in [4.78, 5) is 0. The van der Waals surface area contributed by atoms with E-state index >= 15 is 0 Å². The Balaban J connectivity index is 1.83. The maximum atomic E-state index is 5.68. The van der Waals surface area contributed by atoms with E-state index in [1.165, 1.54) is 18.5 Å². The van der Waals surface area contributed by atoms with Crippen LogP contribution in [0.1, 0.15) is 43.0 Å². The van der Waals surface area contributed by atoms with E-state index in [9.17, 15) is 0 Å². The van der Waals surface area contributed by atoms with Crippen LogP contribution in [0.3, 0.4) is 0 Å².